The van der Waals surface area contributed by atoms with Gasteiger partial charge in [-0.15, -0.1) is 0 Å². The summed E-state index contributed by atoms with van der Waals surface area (Å²) >= 11 is -1.17. The summed E-state index contributed by atoms with van der Waals surface area (Å²) in [5.41, 5.74) is 0. The van der Waals surface area contributed by atoms with Crippen molar-refractivity contribution in [3.05, 3.63) is 0 Å². The van der Waals surface area contributed by atoms with E-state index in [-0.39, 0.29) is 0 Å². The molecule has 0 saturated heterocycles. The molecule has 0 aromatic carbocycles. The van der Waals surface area contributed by atoms with Crippen LogP contribution in [-0.2, 0) is 0 Å². The third-order valence-electron chi connectivity index (χ3n) is 0.433. The van der Waals surface area contributed by atoms with Gasteiger partial charge in [-0.3, -0.25) is 0 Å². The first-order valence-corrected chi connectivity index (χ1v) is 13.4. The van der Waals surface area contributed by atoms with Crippen LogP contribution in [0.1, 0.15) is 6.92 Å². The van der Waals surface area contributed by atoms with Gasteiger partial charge in [-0.25, -0.2) is 0 Å². The molecule has 0 atom stereocenters. The molecule has 0 aromatic rings. The summed E-state index contributed by atoms with van der Waals surface area (Å²) in [4.78, 5) is 0. The monoisotopic (exact) mass is 274 g/mol. The van der Waals surface area contributed by atoms with Crippen LogP contribution in [0.5, 0.6) is 0 Å². The van der Waals surface area contributed by atoms with E-state index in [2.05, 4.69) is 18.4 Å². The molecule has 0 fully saturated rings. The number of hydrogen-bond acceptors (Lipinski definition) is 0. The van der Waals surface area contributed by atoms with Crippen LogP contribution in [0.3, 0.4) is 0 Å². The van der Waals surface area contributed by atoms with Crippen LogP contribution < -0.4 is 0 Å². The second kappa shape index (κ2) is 3.66. The summed E-state index contributed by atoms with van der Waals surface area (Å²) in [5.74, 6) is 2.92. The normalized spacial score (nSPS) is 5.83. The van der Waals surface area contributed by atoms with Gasteiger partial charge in [-0.2, -0.15) is 0 Å². The Morgan fingerprint density at radius 3 is 1.83 bits per heavy atom. The zero-order chi connectivity index (χ0) is 4.99. The van der Waals surface area contributed by atoms with E-state index in [1.807, 2.05) is 6.92 Å². The van der Waals surface area contributed by atoms with Gasteiger partial charge in [-0.1, -0.05) is 0 Å². The Labute approximate surface area is 48.1 Å². The Bertz CT molecular complexity index is 73.7. The standard InChI is InChI=1S/C3H3.2CH3.Tl/c1-3-2;;;/h1H3;2*1H3;. The van der Waals surface area contributed by atoms with Crippen molar-refractivity contribution in [2.45, 2.75) is 15.9 Å². The quantitative estimate of drug-likeness (QED) is 0.461. The van der Waals surface area contributed by atoms with Crippen LogP contribution >= 0.6 is 0 Å². The SMILES string of the molecule is CC#[C][Tl]([CH3])[CH3]. The Morgan fingerprint density at radius 2 is 1.83 bits per heavy atom. The van der Waals surface area contributed by atoms with Crippen molar-refractivity contribution in [3.8, 4) is 9.40 Å². The summed E-state index contributed by atoms with van der Waals surface area (Å²) in [6.45, 7) is 1.92. The molecule has 0 aliphatic heterocycles. The van der Waals surface area contributed by atoms with E-state index < -0.39 is 22.7 Å². The van der Waals surface area contributed by atoms with E-state index in [0.29, 0.717) is 0 Å². The van der Waals surface area contributed by atoms with Gasteiger partial charge in [0.1, 0.15) is 0 Å². The fourth-order valence-corrected chi connectivity index (χ4v) is 2.53. The number of rotatable bonds is 0. The molecule has 6 heavy (non-hydrogen) atoms. The molecule has 0 rings (SSSR count). The van der Waals surface area contributed by atoms with Crippen LogP contribution in [0.25, 0.3) is 0 Å². The molecule has 0 bridgehead atoms. The van der Waals surface area contributed by atoms with Crippen LogP contribution in [0, 0.1) is 9.40 Å². The fourth-order valence-electron chi connectivity index (χ4n) is 0.289. The molecule has 1 heteroatoms. The average Bonchev–Trinajstić information content (AvgIpc) is 1.35. The molecule has 0 saturated carbocycles. The van der Waals surface area contributed by atoms with E-state index >= 15 is 0 Å². The van der Waals surface area contributed by atoms with Gasteiger partial charge in [0.05, 0.1) is 0 Å². The third kappa shape index (κ3) is 4.48. The second-order valence-electron chi connectivity index (χ2n) is 1.55. The minimum absolute atomic E-state index is 1.17. The van der Waals surface area contributed by atoms with Crippen LogP contribution in [0.15, 0.2) is 0 Å². The third-order valence-corrected chi connectivity index (χ3v) is 3.80. The Hall–Kier alpha value is 0.482. The Balaban J connectivity index is 3.20. The molecule has 0 nitrogen and oxygen atoms in total. The molecule has 0 aliphatic carbocycles. The molecular weight excluding hydrogens is 264 g/mol. The van der Waals surface area contributed by atoms with Gasteiger partial charge >= 0.3 is 48.0 Å². The van der Waals surface area contributed by atoms with Gasteiger partial charge < -0.3 is 0 Å². The molecule has 32 valence electrons. The average molecular weight is 274 g/mol. The molecule has 0 heterocycles. The van der Waals surface area contributed by atoms with E-state index in [1.54, 1.807) is 0 Å². The summed E-state index contributed by atoms with van der Waals surface area (Å²) < 4.78 is 7.78. The van der Waals surface area contributed by atoms with Crippen molar-refractivity contribution in [2.75, 3.05) is 0 Å². The second-order valence-corrected chi connectivity index (χ2v) is 11.6. The minimum atomic E-state index is -1.17. The molecule has 0 aliphatic rings. The molecule has 0 unspecified atom stereocenters. The van der Waals surface area contributed by atoms with Gasteiger partial charge in [-0.05, 0) is 0 Å². The zero-order valence-corrected chi connectivity index (χ0v) is 9.07. The van der Waals surface area contributed by atoms with E-state index in [0.717, 1.165) is 0 Å². The van der Waals surface area contributed by atoms with Gasteiger partial charge in [0, 0.05) is 0 Å². The van der Waals surface area contributed by atoms with Crippen molar-refractivity contribution in [1.82, 2.24) is 0 Å². The predicted molar refractivity (Wildman–Crippen MR) is 30.9 cm³/mol. The molecular formula is C5H9Tl. The summed E-state index contributed by atoms with van der Waals surface area (Å²) in [5, 5.41) is 0. The first kappa shape index (κ1) is 6.48. The zero-order valence-electron chi connectivity index (χ0n) is 4.58. The van der Waals surface area contributed by atoms with Gasteiger partial charge in [0.15, 0.2) is 0 Å². The summed E-state index contributed by atoms with van der Waals surface area (Å²) in [6.07, 6.45) is 0. The maximum absolute atomic E-state index is 3.18. The number of hydrogen-bond donors (Lipinski definition) is 0. The molecule has 0 aromatic heterocycles. The molecule has 0 amide bonds. The predicted octanol–water partition coefficient (Wildman–Crippen LogP) is 1.30. The summed E-state index contributed by atoms with van der Waals surface area (Å²) in [7, 11) is 0. The van der Waals surface area contributed by atoms with Crippen molar-refractivity contribution in [1.29, 1.82) is 0 Å². The Morgan fingerprint density at radius 1 is 1.33 bits per heavy atom. The molecule has 0 N–H and O–H groups in total. The van der Waals surface area contributed by atoms with Crippen LogP contribution in [-0.4, -0.2) is 22.7 Å². The van der Waals surface area contributed by atoms with E-state index in [4.69, 9.17) is 0 Å². The molecule has 0 radical (unpaired) electrons. The summed E-state index contributed by atoms with van der Waals surface area (Å²) in [6, 6.07) is 0. The fraction of sp³-hybridized carbons (Fsp3) is 0.600. The van der Waals surface area contributed by atoms with Crippen molar-refractivity contribution < 1.29 is 0 Å². The molecule has 0 spiro atoms. The van der Waals surface area contributed by atoms with Crippen molar-refractivity contribution >= 4 is 22.7 Å². The maximum atomic E-state index is 3.18. The Kier molecular flexibility index (Phi) is 3.96. The van der Waals surface area contributed by atoms with Crippen molar-refractivity contribution in [3.63, 3.8) is 0 Å². The first-order valence-electron chi connectivity index (χ1n) is 2.19. The van der Waals surface area contributed by atoms with Crippen molar-refractivity contribution in [2.24, 2.45) is 0 Å². The van der Waals surface area contributed by atoms with Gasteiger partial charge in [0.2, 0.25) is 0 Å². The first-order chi connectivity index (χ1) is 2.77. The van der Waals surface area contributed by atoms with E-state index in [9.17, 15) is 0 Å². The van der Waals surface area contributed by atoms with Gasteiger partial charge in [0.25, 0.3) is 0 Å². The van der Waals surface area contributed by atoms with Crippen LogP contribution in [0.2, 0.25) is 8.97 Å². The topological polar surface area (TPSA) is 0 Å². The van der Waals surface area contributed by atoms with E-state index in [1.165, 1.54) is 0 Å². The van der Waals surface area contributed by atoms with Crippen LogP contribution in [0.4, 0.5) is 0 Å².